The van der Waals surface area contributed by atoms with Crippen LogP contribution in [0.15, 0.2) is 23.5 Å². The van der Waals surface area contributed by atoms with Crippen LogP contribution in [-0.2, 0) is 11.3 Å². The Kier molecular flexibility index (Phi) is 10.0. The second kappa shape index (κ2) is 12.3. The highest BCUT2D eigenvalue weighted by Crippen LogP contribution is 2.28. The Balaban J connectivity index is 0.00000280. The number of carbonyl (C=O) groups excluding carboxylic acids is 1. The fourth-order valence-corrected chi connectivity index (χ4v) is 3.54. The van der Waals surface area contributed by atoms with E-state index in [4.69, 9.17) is 0 Å². The molecule has 0 aromatic carbocycles. The van der Waals surface area contributed by atoms with Gasteiger partial charge in [0.2, 0.25) is 5.91 Å². The summed E-state index contributed by atoms with van der Waals surface area (Å²) in [5.74, 6) is 1.55. The van der Waals surface area contributed by atoms with Crippen LogP contribution in [-0.4, -0.2) is 84.3 Å². The maximum absolute atomic E-state index is 12.3. The van der Waals surface area contributed by atoms with Crippen molar-refractivity contribution in [2.45, 2.75) is 32.2 Å². The second-order valence-corrected chi connectivity index (χ2v) is 7.34. The highest BCUT2D eigenvalue weighted by molar-refractivity contribution is 14.0. The van der Waals surface area contributed by atoms with Crippen molar-refractivity contribution in [1.29, 1.82) is 0 Å². The molecule has 0 atom stereocenters. The number of piperazine rings is 1. The molecular formula is C19H34IN7O. The highest BCUT2D eigenvalue weighted by Gasteiger charge is 2.30. The number of amides is 1. The normalized spacial score (nSPS) is 18.3. The first-order chi connectivity index (χ1) is 13.3. The highest BCUT2D eigenvalue weighted by atomic mass is 127. The van der Waals surface area contributed by atoms with Crippen LogP contribution >= 0.6 is 24.0 Å². The standard InChI is InChI=1S/C19H33N7O.HI/c1-20-19(21-7-3-10-26-11-4-8-23-26)22-9-12-24-13-15-25(16-14-24)18(27)17-5-2-6-17;/h4,8,11,17H,2-3,5-7,9-10,12-16H2,1H3,(H2,20,21,22);1H. The second-order valence-electron chi connectivity index (χ2n) is 7.34. The number of aliphatic imine (C=N–C) groups is 1. The van der Waals surface area contributed by atoms with Crippen LogP contribution in [0.4, 0.5) is 0 Å². The molecule has 1 aliphatic carbocycles. The van der Waals surface area contributed by atoms with Gasteiger partial charge in [-0.1, -0.05) is 6.42 Å². The molecule has 1 saturated heterocycles. The number of hydrogen-bond donors (Lipinski definition) is 2. The summed E-state index contributed by atoms with van der Waals surface area (Å²) in [6.07, 6.45) is 8.19. The monoisotopic (exact) mass is 503 g/mol. The van der Waals surface area contributed by atoms with E-state index in [-0.39, 0.29) is 24.0 Å². The molecular weight excluding hydrogens is 469 g/mol. The maximum atomic E-state index is 12.3. The molecule has 3 rings (SSSR count). The molecule has 1 aromatic heterocycles. The van der Waals surface area contributed by atoms with Gasteiger partial charge in [-0.25, -0.2) is 0 Å². The minimum absolute atomic E-state index is 0. The summed E-state index contributed by atoms with van der Waals surface area (Å²) in [6, 6.07) is 1.94. The van der Waals surface area contributed by atoms with Crippen LogP contribution < -0.4 is 10.6 Å². The molecule has 2 fully saturated rings. The van der Waals surface area contributed by atoms with E-state index in [0.29, 0.717) is 11.8 Å². The number of hydrogen-bond acceptors (Lipinski definition) is 4. The summed E-state index contributed by atoms with van der Waals surface area (Å²) < 4.78 is 1.94. The van der Waals surface area contributed by atoms with E-state index in [9.17, 15) is 4.79 Å². The Labute approximate surface area is 185 Å². The lowest BCUT2D eigenvalue weighted by atomic mass is 9.84. The van der Waals surface area contributed by atoms with Crippen molar-refractivity contribution < 1.29 is 4.79 Å². The zero-order valence-corrected chi connectivity index (χ0v) is 19.2. The molecule has 158 valence electrons. The van der Waals surface area contributed by atoms with Gasteiger partial charge >= 0.3 is 0 Å². The van der Waals surface area contributed by atoms with E-state index in [1.165, 1.54) is 6.42 Å². The average molecular weight is 503 g/mol. The van der Waals surface area contributed by atoms with Crippen LogP contribution in [0.1, 0.15) is 25.7 Å². The molecule has 8 nitrogen and oxygen atoms in total. The van der Waals surface area contributed by atoms with E-state index < -0.39 is 0 Å². The lowest BCUT2D eigenvalue weighted by molar-refractivity contribution is -0.139. The maximum Gasteiger partial charge on any atom is 0.225 e. The molecule has 0 bridgehead atoms. The van der Waals surface area contributed by atoms with Crippen molar-refractivity contribution in [3.05, 3.63) is 18.5 Å². The lowest BCUT2D eigenvalue weighted by Gasteiger charge is -2.38. The van der Waals surface area contributed by atoms with Crippen molar-refractivity contribution in [3.8, 4) is 0 Å². The van der Waals surface area contributed by atoms with Crippen LogP contribution in [0.2, 0.25) is 0 Å². The molecule has 9 heteroatoms. The van der Waals surface area contributed by atoms with Crippen molar-refractivity contribution in [2.75, 3.05) is 52.9 Å². The van der Waals surface area contributed by atoms with Crippen LogP contribution in [0, 0.1) is 5.92 Å². The number of nitrogens with one attached hydrogen (secondary N) is 2. The Hall–Kier alpha value is -1.36. The Morgan fingerprint density at radius 1 is 1.14 bits per heavy atom. The SMILES string of the molecule is CN=C(NCCCn1cccn1)NCCN1CCN(C(=O)C2CCC2)CC1.I. The summed E-state index contributed by atoms with van der Waals surface area (Å²) in [4.78, 5) is 21.1. The number of halogens is 1. The first-order valence-electron chi connectivity index (χ1n) is 10.2. The molecule has 2 heterocycles. The van der Waals surface area contributed by atoms with Gasteiger partial charge in [-0.3, -0.25) is 19.4 Å². The van der Waals surface area contributed by atoms with Gasteiger partial charge in [0, 0.05) is 77.7 Å². The number of carbonyl (C=O) groups is 1. The van der Waals surface area contributed by atoms with Crippen molar-refractivity contribution in [1.82, 2.24) is 30.2 Å². The Morgan fingerprint density at radius 3 is 2.50 bits per heavy atom. The first-order valence-corrected chi connectivity index (χ1v) is 10.2. The minimum Gasteiger partial charge on any atom is -0.356 e. The van der Waals surface area contributed by atoms with Gasteiger partial charge in [-0.2, -0.15) is 5.10 Å². The first kappa shape index (κ1) is 22.9. The van der Waals surface area contributed by atoms with Gasteiger partial charge in [-0.05, 0) is 25.3 Å². The summed E-state index contributed by atoms with van der Waals surface area (Å²) in [6.45, 7) is 7.27. The molecule has 1 amide bonds. The zero-order valence-electron chi connectivity index (χ0n) is 16.8. The topological polar surface area (TPSA) is 77.8 Å². The number of nitrogens with zero attached hydrogens (tertiary/aromatic N) is 5. The quantitative estimate of drug-likeness (QED) is 0.240. The van der Waals surface area contributed by atoms with E-state index in [2.05, 4.69) is 30.5 Å². The van der Waals surface area contributed by atoms with Gasteiger partial charge in [0.1, 0.15) is 0 Å². The zero-order chi connectivity index (χ0) is 18.9. The molecule has 1 aliphatic heterocycles. The lowest BCUT2D eigenvalue weighted by Crippen LogP contribution is -2.52. The summed E-state index contributed by atoms with van der Waals surface area (Å²) in [5, 5.41) is 10.9. The van der Waals surface area contributed by atoms with Crippen LogP contribution in [0.25, 0.3) is 0 Å². The van der Waals surface area contributed by atoms with E-state index in [1.54, 1.807) is 13.2 Å². The third kappa shape index (κ3) is 6.91. The predicted octanol–water partition coefficient (Wildman–Crippen LogP) is 1.00. The van der Waals surface area contributed by atoms with Gasteiger partial charge in [0.25, 0.3) is 0 Å². The molecule has 0 spiro atoms. The van der Waals surface area contributed by atoms with Gasteiger partial charge in [0.15, 0.2) is 5.96 Å². The van der Waals surface area contributed by atoms with Crippen LogP contribution in [0.3, 0.4) is 0 Å². The predicted molar refractivity (Wildman–Crippen MR) is 122 cm³/mol. The Bertz CT molecular complexity index is 595. The molecule has 1 saturated carbocycles. The van der Waals surface area contributed by atoms with Crippen LogP contribution in [0.5, 0.6) is 0 Å². The fraction of sp³-hybridized carbons (Fsp3) is 0.737. The molecule has 1 aromatic rings. The van der Waals surface area contributed by atoms with E-state index >= 15 is 0 Å². The molecule has 0 unspecified atom stereocenters. The number of aromatic nitrogens is 2. The molecule has 2 N–H and O–H groups in total. The van der Waals surface area contributed by atoms with E-state index in [0.717, 1.165) is 77.6 Å². The fourth-order valence-electron chi connectivity index (χ4n) is 3.54. The smallest absolute Gasteiger partial charge is 0.225 e. The van der Waals surface area contributed by atoms with Gasteiger partial charge in [0.05, 0.1) is 0 Å². The third-order valence-electron chi connectivity index (χ3n) is 5.50. The summed E-state index contributed by atoms with van der Waals surface area (Å²) in [7, 11) is 1.80. The van der Waals surface area contributed by atoms with Crippen molar-refractivity contribution in [2.24, 2.45) is 10.9 Å². The van der Waals surface area contributed by atoms with Gasteiger partial charge in [-0.15, -0.1) is 24.0 Å². The summed E-state index contributed by atoms with van der Waals surface area (Å²) >= 11 is 0. The number of aryl methyl sites for hydroxylation is 1. The summed E-state index contributed by atoms with van der Waals surface area (Å²) in [5.41, 5.74) is 0. The van der Waals surface area contributed by atoms with E-state index in [1.807, 2.05) is 16.9 Å². The number of guanidine groups is 1. The molecule has 0 radical (unpaired) electrons. The Morgan fingerprint density at radius 2 is 1.89 bits per heavy atom. The molecule has 2 aliphatic rings. The third-order valence-corrected chi connectivity index (χ3v) is 5.50. The van der Waals surface area contributed by atoms with Crippen molar-refractivity contribution >= 4 is 35.8 Å². The number of rotatable bonds is 8. The minimum atomic E-state index is 0. The average Bonchev–Trinajstić information content (AvgIpc) is 3.16. The largest absolute Gasteiger partial charge is 0.356 e. The molecule has 28 heavy (non-hydrogen) atoms. The van der Waals surface area contributed by atoms with Gasteiger partial charge < -0.3 is 15.5 Å². The van der Waals surface area contributed by atoms with Crippen molar-refractivity contribution in [3.63, 3.8) is 0 Å².